The average molecular weight is 443 g/mol. The van der Waals surface area contributed by atoms with E-state index in [1.165, 1.54) is 11.3 Å². The van der Waals surface area contributed by atoms with E-state index in [1.807, 2.05) is 12.1 Å². The minimum absolute atomic E-state index is 0.0794. The molecule has 2 saturated heterocycles. The average Bonchev–Trinajstić information content (AvgIpc) is 3.25. The van der Waals surface area contributed by atoms with Crippen molar-refractivity contribution in [3.8, 4) is 38.5 Å². The number of piperidine rings is 2. The van der Waals surface area contributed by atoms with Crippen molar-refractivity contribution in [3.05, 3.63) is 36.5 Å². The first-order chi connectivity index (χ1) is 15.1. The number of methoxy groups -OCH3 is 1. The second-order valence-electron chi connectivity index (χ2n) is 7.93. The number of pyridine rings is 1. The number of hydrogen-bond acceptors (Lipinski definition) is 8. The maximum atomic E-state index is 14.8. The van der Waals surface area contributed by atoms with E-state index in [9.17, 15) is 9.50 Å². The molecule has 7 nitrogen and oxygen atoms in total. The van der Waals surface area contributed by atoms with Crippen molar-refractivity contribution in [2.75, 3.05) is 7.11 Å². The number of aromatic hydroxyl groups is 1. The summed E-state index contributed by atoms with van der Waals surface area (Å²) in [7, 11) is 1.56. The van der Waals surface area contributed by atoms with Crippen LogP contribution in [-0.2, 0) is 0 Å². The highest BCUT2D eigenvalue weighted by Gasteiger charge is 2.41. The summed E-state index contributed by atoms with van der Waals surface area (Å²) in [5.74, 6) is 0.580. The Labute approximate surface area is 183 Å². The van der Waals surface area contributed by atoms with Crippen LogP contribution >= 0.6 is 11.3 Å². The van der Waals surface area contributed by atoms with Gasteiger partial charge in [-0.3, -0.25) is 0 Å². The van der Waals surface area contributed by atoms with Crippen molar-refractivity contribution in [3.63, 3.8) is 0 Å². The molecule has 2 fully saturated rings. The van der Waals surface area contributed by atoms with Crippen LogP contribution in [0.3, 0.4) is 0 Å². The van der Waals surface area contributed by atoms with Crippen LogP contribution in [0.15, 0.2) is 36.5 Å². The van der Waals surface area contributed by atoms with Gasteiger partial charge in [0, 0.05) is 30.8 Å². The Hall–Kier alpha value is -2.78. The summed E-state index contributed by atoms with van der Waals surface area (Å²) in [6, 6.07) is 9.13. The lowest BCUT2D eigenvalue weighted by Gasteiger charge is -2.42. The third-order valence-electron chi connectivity index (χ3n) is 5.94. The molecule has 2 aliphatic rings. The van der Waals surface area contributed by atoms with E-state index in [0.717, 1.165) is 30.4 Å². The summed E-state index contributed by atoms with van der Waals surface area (Å²) in [6.45, 7) is 0. The van der Waals surface area contributed by atoms with E-state index >= 15 is 0 Å². The monoisotopic (exact) mass is 442 g/mol. The van der Waals surface area contributed by atoms with E-state index in [-0.39, 0.29) is 11.8 Å². The zero-order chi connectivity index (χ0) is 21.4. The number of nitrogens with zero attached hydrogens (tertiary/aromatic N) is 3. The number of phenols is 1. The van der Waals surface area contributed by atoms with E-state index in [2.05, 4.69) is 20.5 Å². The Morgan fingerprint density at radius 1 is 1.16 bits per heavy atom. The molecule has 2 aliphatic heterocycles. The largest absolute Gasteiger partial charge is 0.507 e. The Bertz CT molecular complexity index is 1080. The number of ether oxygens (including phenoxy) is 2. The van der Waals surface area contributed by atoms with Gasteiger partial charge in [-0.05, 0) is 42.2 Å². The molecule has 4 heterocycles. The normalized spacial score (nSPS) is 25.2. The Morgan fingerprint density at radius 2 is 2.03 bits per heavy atom. The van der Waals surface area contributed by atoms with Crippen LogP contribution in [-0.4, -0.2) is 51.8 Å². The van der Waals surface area contributed by atoms with E-state index in [1.54, 1.807) is 31.5 Å². The summed E-state index contributed by atoms with van der Waals surface area (Å²) >= 11 is 1.21. The van der Waals surface area contributed by atoms with Crippen molar-refractivity contribution in [1.82, 2.24) is 20.5 Å². The van der Waals surface area contributed by atoms with E-state index in [0.29, 0.717) is 34.1 Å². The van der Waals surface area contributed by atoms with Gasteiger partial charge in [0.1, 0.15) is 11.9 Å². The fourth-order valence-corrected chi connectivity index (χ4v) is 5.14. The molecule has 0 saturated carbocycles. The fourth-order valence-electron chi connectivity index (χ4n) is 4.36. The molecule has 0 spiro atoms. The highest BCUT2D eigenvalue weighted by Crippen LogP contribution is 2.38. The van der Waals surface area contributed by atoms with Crippen LogP contribution in [0.1, 0.15) is 25.7 Å². The van der Waals surface area contributed by atoms with Crippen molar-refractivity contribution >= 4 is 11.3 Å². The predicted octanol–water partition coefficient (Wildman–Crippen LogP) is 3.98. The third-order valence-corrected chi connectivity index (χ3v) is 6.79. The van der Waals surface area contributed by atoms with Gasteiger partial charge >= 0.3 is 0 Å². The van der Waals surface area contributed by atoms with Gasteiger partial charge in [0.05, 0.1) is 12.7 Å². The smallest absolute Gasteiger partial charge is 0.294 e. The van der Waals surface area contributed by atoms with Crippen molar-refractivity contribution in [2.45, 2.75) is 50.0 Å². The molecule has 5 rings (SSSR count). The summed E-state index contributed by atoms with van der Waals surface area (Å²) in [4.78, 5) is 4.10. The first kappa shape index (κ1) is 20.1. The Balaban J connectivity index is 1.33. The molecule has 9 heteroatoms. The second-order valence-corrected chi connectivity index (χ2v) is 8.87. The highest BCUT2D eigenvalue weighted by molar-refractivity contribution is 7.16. The third kappa shape index (κ3) is 4.07. The van der Waals surface area contributed by atoms with Crippen LogP contribution in [0.25, 0.3) is 21.7 Å². The standard InChI is InChI=1S/C22H23FN4O3S/c1-29-19-10-13(7-8-24-19)12-5-6-15(17(28)9-12)21-26-27-22(31-21)30-18-11-14-3-2-4-16(25-14)20(18)23/h5-10,14,16,18,20,25,28H,2-4,11H2,1H3/t14-,16+,18-,20+/m0/s1. The Morgan fingerprint density at radius 3 is 2.87 bits per heavy atom. The molecule has 162 valence electrons. The first-order valence-corrected chi connectivity index (χ1v) is 11.2. The molecule has 0 aliphatic carbocycles. The molecule has 3 aromatic rings. The van der Waals surface area contributed by atoms with Gasteiger partial charge in [-0.15, -0.1) is 5.10 Å². The minimum Gasteiger partial charge on any atom is -0.507 e. The zero-order valence-electron chi connectivity index (χ0n) is 17.0. The molecular weight excluding hydrogens is 419 g/mol. The molecule has 4 atom stereocenters. The van der Waals surface area contributed by atoms with E-state index < -0.39 is 12.3 Å². The number of fused-ring (bicyclic) bond motifs is 2. The molecule has 1 aromatic carbocycles. The second kappa shape index (κ2) is 8.39. The number of rotatable bonds is 5. The molecule has 2 N–H and O–H groups in total. The molecule has 2 aromatic heterocycles. The summed E-state index contributed by atoms with van der Waals surface area (Å²) < 4.78 is 25.8. The van der Waals surface area contributed by atoms with Gasteiger partial charge in [-0.2, -0.15) is 0 Å². The summed E-state index contributed by atoms with van der Waals surface area (Å²) in [6.07, 6.45) is 3.64. The number of nitrogens with one attached hydrogen (secondary N) is 1. The maximum Gasteiger partial charge on any atom is 0.294 e. The minimum atomic E-state index is -1.06. The summed E-state index contributed by atoms with van der Waals surface area (Å²) in [5.41, 5.74) is 2.25. The van der Waals surface area contributed by atoms with Gasteiger partial charge in [-0.25, -0.2) is 9.37 Å². The fraction of sp³-hybridized carbons (Fsp3) is 0.409. The number of hydrogen-bond donors (Lipinski definition) is 2. The van der Waals surface area contributed by atoms with Crippen molar-refractivity contribution in [2.24, 2.45) is 0 Å². The lowest BCUT2D eigenvalue weighted by Crippen LogP contribution is -2.58. The SMILES string of the molecule is COc1cc(-c2ccc(-c3nnc(O[C@H]4C[C@@H]5CCC[C@@H](N5)[C@H]4F)s3)c(O)c2)ccn1. The molecule has 2 bridgehead atoms. The van der Waals surface area contributed by atoms with E-state index in [4.69, 9.17) is 9.47 Å². The maximum absolute atomic E-state index is 14.8. The van der Waals surface area contributed by atoms with Crippen molar-refractivity contribution in [1.29, 1.82) is 0 Å². The summed E-state index contributed by atoms with van der Waals surface area (Å²) in [5, 5.41) is 23.0. The number of phenolic OH excluding ortho intramolecular Hbond substituents is 1. The predicted molar refractivity (Wildman–Crippen MR) is 115 cm³/mol. The lowest BCUT2D eigenvalue weighted by atomic mass is 9.84. The lowest BCUT2D eigenvalue weighted by molar-refractivity contribution is 0.00888. The van der Waals surface area contributed by atoms with Gasteiger partial charge < -0.3 is 19.9 Å². The molecule has 0 amide bonds. The van der Waals surface area contributed by atoms with Gasteiger partial charge in [0.25, 0.3) is 5.19 Å². The molecule has 31 heavy (non-hydrogen) atoms. The van der Waals surface area contributed by atoms with Crippen molar-refractivity contribution < 1.29 is 19.0 Å². The number of halogens is 1. The Kier molecular flexibility index (Phi) is 5.45. The van der Waals surface area contributed by atoms with Gasteiger partial charge in [-0.1, -0.05) is 28.9 Å². The quantitative estimate of drug-likeness (QED) is 0.618. The van der Waals surface area contributed by atoms with Crippen LogP contribution < -0.4 is 14.8 Å². The molecule has 0 unspecified atom stereocenters. The molecule has 0 radical (unpaired) electrons. The number of aromatic nitrogens is 3. The number of alkyl halides is 1. The van der Waals surface area contributed by atoms with Crippen LogP contribution in [0.2, 0.25) is 0 Å². The number of benzene rings is 1. The molecular formula is C22H23FN4O3S. The van der Waals surface area contributed by atoms with Crippen LogP contribution in [0, 0.1) is 0 Å². The highest BCUT2D eigenvalue weighted by atomic mass is 32.1. The van der Waals surface area contributed by atoms with Gasteiger partial charge in [0.2, 0.25) is 5.88 Å². The van der Waals surface area contributed by atoms with Crippen LogP contribution in [0.4, 0.5) is 4.39 Å². The zero-order valence-corrected chi connectivity index (χ0v) is 17.8. The van der Waals surface area contributed by atoms with Crippen LogP contribution in [0.5, 0.6) is 16.8 Å². The first-order valence-electron chi connectivity index (χ1n) is 10.3. The van der Waals surface area contributed by atoms with Gasteiger partial charge in [0.15, 0.2) is 11.2 Å². The topological polar surface area (TPSA) is 89.4 Å².